The lowest BCUT2D eigenvalue weighted by Crippen LogP contribution is -1.81. The Labute approximate surface area is 40.9 Å². The minimum atomic E-state index is 0.500. The number of nitrogens with one attached hydrogen (secondary N) is 2. The highest BCUT2D eigenvalue weighted by Gasteiger charge is 1.75. The van der Waals surface area contributed by atoms with Crippen LogP contribution in [0, 0.1) is 5.21 Å². The van der Waals surface area contributed by atoms with Crippen LogP contribution in [0.2, 0.25) is 0 Å². The fourth-order valence-corrected chi connectivity index (χ4v) is 0.394. The van der Waals surface area contributed by atoms with Crippen LogP contribution in [-0.2, 0) is 0 Å². The van der Waals surface area contributed by atoms with E-state index >= 15 is 0 Å². The molecule has 7 heavy (non-hydrogen) atoms. The van der Waals surface area contributed by atoms with E-state index in [0.717, 1.165) is 0 Å². The maximum Gasteiger partial charge on any atom is 0.0919 e. The molecule has 0 aliphatic rings. The summed E-state index contributed by atoms with van der Waals surface area (Å²) in [6.45, 7) is 0. The summed E-state index contributed by atoms with van der Waals surface area (Å²) in [7, 11) is 0. The van der Waals surface area contributed by atoms with E-state index in [9.17, 15) is 5.21 Å². The van der Waals surface area contributed by atoms with Crippen molar-refractivity contribution in [2.45, 2.75) is 0 Å². The van der Waals surface area contributed by atoms with Gasteiger partial charge in [-0.3, -0.25) is 0 Å². The number of aromatic amines is 1. The number of hydrogen-bond donors (Lipinski definition) is 2. The molecule has 0 atom stereocenters. The molecule has 1 heterocycles. The predicted octanol–water partition coefficient (Wildman–Crippen LogP) is 0.924. The molecule has 0 radical (unpaired) electrons. The fourth-order valence-electron chi connectivity index (χ4n) is 0.394. The van der Waals surface area contributed by atoms with E-state index in [2.05, 4.69) is 4.98 Å². The second-order valence-electron chi connectivity index (χ2n) is 1.19. The highest BCUT2D eigenvalue weighted by molar-refractivity contribution is 5.34. The zero-order valence-electron chi connectivity index (χ0n) is 3.64. The Bertz CT molecular complexity index is 124. The molecule has 1 aromatic heterocycles. The Morgan fingerprint density at radius 1 is 1.71 bits per heavy atom. The molecule has 1 rings (SSSR count). The van der Waals surface area contributed by atoms with E-state index in [1.807, 2.05) is 0 Å². The maximum atomic E-state index is 9.71. The van der Waals surface area contributed by atoms with Crippen molar-refractivity contribution < 1.29 is 0 Å². The lowest BCUT2D eigenvalue weighted by atomic mass is 10.6. The largest absolute Gasteiger partial charge is 0.760 e. The summed E-state index contributed by atoms with van der Waals surface area (Å²) in [4.78, 5) is 2.66. The molecular formula is C4H5N2O-. The lowest BCUT2D eigenvalue weighted by Gasteiger charge is -2.02. The van der Waals surface area contributed by atoms with Gasteiger partial charge in [0.05, 0.1) is 5.82 Å². The molecule has 0 saturated carbocycles. The maximum absolute atomic E-state index is 9.71. The quantitative estimate of drug-likeness (QED) is 0.512. The molecule has 0 amide bonds. The van der Waals surface area contributed by atoms with Gasteiger partial charge in [-0.05, 0) is 12.1 Å². The van der Waals surface area contributed by atoms with Gasteiger partial charge in [0.15, 0.2) is 0 Å². The molecule has 0 aliphatic heterocycles. The second-order valence-corrected chi connectivity index (χ2v) is 1.19. The molecule has 38 valence electrons. The smallest absolute Gasteiger partial charge is 0.0919 e. The van der Waals surface area contributed by atoms with Gasteiger partial charge in [0.2, 0.25) is 0 Å². The highest BCUT2D eigenvalue weighted by atomic mass is 16.5. The minimum Gasteiger partial charge on any atom is -0.760 e. The van der Waals surface area contributed by atoms with Crippen molar-refractivity contribution in [3.8, 4) is 0 Å². The van der Waals surface area contributed by atoms with E-state index in [0.29, 0.717) is 5.82 Å². The van der Waals surface area contributed by atoms with Crippen LogP contribution < -0.4 is 5.48 Å². The number of H-pyrrole nitrogens is 1. The van der Waals surface area contributed by atoms with Gasteiger partial charge in [-0.1, -0.05) is 0 Å². The summed E-state index contributed by atoms with van der Waals surface area (Å²) in [6, 6.07) is 3.41. The Balaban J connectivity index is 2.76. The van der Waals surface area contributed by atoms with Crippen molar-refractivity contribution in [1.82, 2.24) is 4.98 Å². The summed E-state index contributed by atoms with van der Waals surface area (Å²) in [6.07, 6.45) is 1.68. The Hall–Kier alpha value is -0.960. The van der Waals surface area contributed by atoms with E-state index in [4.69, 9.17) is 0 Å². The van der Waals surface area contributed by atoms with Crippen molar-refractivity contribution in [1.29, 1.82) is 0 Å². The first-order chi connectivity index (χ1) is 3.43. The zero-order valence-corrected chi connectivity index (χ0v) is 3.64. The molecule has 3 nitrogen and oxygen atoms in total. The SMILES string of the molecule is [O-]Nc1ccc[nH]1. The van der Waals surface area contributed by atoms with E-state index in [1.54, 1.807) is 23.8 Å². The lowest BCUT2D eigenvalue weighted by molar-refractivity contribution is 1.38. The topological polar surface area (TPSA) is 50.9 Å². The molecule has 0 aromatic carbocycles. The minimum absolute atomic E-state index is 0.500. The standard InChI is InChI=1S/C4H5N2O/c7-6-4-2-1-3-5-4/h1-3,5-6H/q-1. The molecule has 0 fully saturated rings. The van der Waals surface area contributed by atoms with Gasteiger partial charge in [0, 0.05) is 6.20 Å². The van der Waals surface area contributed by atoms with Crippen LogP contribution >= 0.6 is 0 Å². The van der Waals surface area contributed by atoms with Gasteiger partial charge in [-0.25, -0.2) is 0 Å². The Morgan fingerprint density at radius 3 is 2.86 bits per heavy atom. The third-order valence-corrected chi connectivity index (χ3v) is 0.708. The van der Waals surface area contributed by atoms with Crippen molar-refractivity contribution >= 4 is 5.82 Å². The van der Waals surface area contributed by atoms with Crippen molar-refractivity contribution in [3.63, 3.8) is 0 Å². The van der Waals surface area contributed by atoms with Crippen LogP contribution in [-0.4, -0.2) is 4.98 Å². The fraction of sp³-hybridized carbons (Fsp3) is 0. The van der Waals surface area contributed by atoms with Crippen LogP contribution in [0.4, 0.5) is 5.82 Å². The zero-order chi connectivity index (χ0) is 5.11. The number of aromatic nitrogens is 1. The summed E-state index contributed by atoms with van der Waals surface area (Å²) in [5.41, 5.74) is 1.70. The van der Waals surface area contributed by atoms with Gasteiger partial charge in [-0.15, -0.1) is 0 Å². The third-order valence-electron chi connectivity index (χ3n) is 0.708. The number of rotatable bonds is 1. The summed E-state index contributed by atoms with van der Waals surface area (Å²) < 4.78 is 0. The van der Waals surface area contributed by atoms with E-state index in [1.165, 1.54) is 0 Å². The molecule has 2 N–H and O–H groups in total. The van der Waals surface area contributed by atoms with Crippen molar-refractivity contribution in [2.24, 2.45) is 0 Å². The first-order valence-electron chi connectivity index (χ1n) is 1.95. The molecular weight excluding hydrogens is 92.1 g/mol. The average Bonchev–Trinajstić information content (AvgIpc) is 2.14. The number of hydrogen-bond acceptors (Lipinski definition) is 2. The first kappa shape index (κ1) is 4.21. The van der Waals surface area contributed by atoms with E-state index < -0.39 is 0 Å². The van der Waals surface area contributed by atoms with Crippen LogP contribution in [0.25, 0.3) is 0 Å². The molecule has 0 unspecified atom stereocenters. The second kappa shape index (κ2) is 1.66. The summed E-state index contributed by atoms with van der Waals surface area (Å²) in [5, 5.41) is 9.71. The van der Waals surface area contributed by atoms with E-state index in [-0.39, 0.29) is 0 Å². The van der Waals surface area contributed by atoms with Crippen molar-refractivity contribution in [3.05, 3.63) is 23.5 Å². The van der Waals surface area contributed by atoms with Crippen LogP contribution in [0.1, 0.15) is 0 Å². The molecule has 0 bridgehead atoms. The summed E-state index contributed by atoms with van der Waals surface area (Å²) >= 11 is 0. The number of anilines is 1. The van der Waals surface area contributed by atoms with Gasteiger partial charge < -0.3 is 15.7 Å². The Morgan fingerprint density at radius 2 is 2.57 bits per heavy atom. The normalized spacial score (nSPS) is 8.71. The van der Waals surface area contributed by atoms with Gasteiger partial charge in [0.1, 0.15) is 0 Å². The molecule has 1 aromatic rings. The molecule has 3 heteroatoms. The van der Waals surface area contributed by atoms with Gasteiger partial charge in [0.25, 0.3) is 0 Å². The van der Waals surface area contributed by atoms with Gasteiger partial charge >= 0.3 is 0 Å². The molecule has 0 aliphatic carbocycles. The average molecular weight is 97.1 g/mol. The van der Waals surface area contributed by atoms with Crippen LogP contribution in [0.5, 0.6) is 0 Å². The van der Waals surface area contributed by atoms with Crippen molar-refractivity contribution in [2.75, 3.05) is 5.48 Å². The monoisotopic (exact) mass is 97.0 g/mol. The van der Waals surface area contributed by atoms with Crippen LogP contribution in [0.15, 0.2) is 18.3 Å². The third kappa shape index (κ3) is 0.721. The van der Waals surface area contributed by atoms with Gasteiger partial charge in [-0.2, -0.15) is 0 Å². The first-order valence-corrected chi connectivity index (χ1v) is 1.95. The summed E-state index contributed by atoms with van der Waals surface area (Å²) in [5.74, 6) is 0.500. The molecule has 0 spiro atoms. The molecule has 0 saturated heterocycles. The highest BCUT2D eigenvalue weighted by Crippen LogP contribution is 1.97. The Kier molecular flexibility index (Phi) is 0.997. The van der Waals surface area contributed by atoms with Crippen LogP contribution in [0.3, 0.4) is 0 Å². The predicted molar refractivity (Wildman–Crippen MR) is 27.8 cm³/mol.